The Labute approximate surface area is 120 Å². The van der Waals surface area contributed by atoms with Crippen molar-refractivity contribution in [3.05, 3.63) is 28.3 Å². The van der Waals surface area contributed by atoms with E-state index in [2.05, 4.69) is 10.3 Å². The van der Waals surface area contributed by atoms with Gasteiger partial charge < -0.3 is 19.4 Å². The van der Waals surface area contributed by atoms with E-state index in [0.717, 1.165) is 6.54 Å². The number of morpholine rings is 1. The highest BCUT2D eigenvalue weighted by atomic mass is 16.6. The van der Waals surface area contributed by atoms with Crippen LogP contribution in [0.25, 0.3) is 11.1 Å². The number of rotatable bonds is 4. The lowest BCUT2D eigenvalue weighted by atomic mass is 10.3. The minimum Gasteiger partial charge on any atom is -0.423 e. The average molecular weight is 292 g/mol. The van der Waals surface area contributed by atoms with Crippen molar-refractivity contribution in [1.29, 1.82) is 0 Å². The van der Waals surface area contributed by atoms with Gasteiger partial charge in [-0.15, -0.1) is 0 Å². The van der Waals surface area contributed by atoms with E-state index in [-0.39, 0.29) is 11.8 Å². The summed E-state index contributed by atoms with van der Waals surface area (Å²) < 4.78 is 11.3. The number of non-ortho nitro benzene ring substituents is 1. The first-order valence-corrected chi connectivity index (χ1v) is 6.73. The van der Waals surface area contributed by atoms with E-state index < -0.39 is 4.92 Å². The zero-order valence-corrected chi connectivity index (χ0v) is 11.6. The Balaban J connectivity index is 1.85. The number of ether oxygens (including phenoxy) is 1. The molecule has 1 atom stereocenters. The summed E-state index contributed by atoms with van der Waals surface area (Å²) in [6, 6.07) is 4.90. The lowest BCUT2D eigenvalue weighted by Crippen LogP contribution is -2.46. The fraction of sp³-hybridized carbons (Fsp3) is 0.462. The molecule has 1 aliphatic rings. The number of benzene rings is 1. The number of nitrogens with one attached hydrogen (secondary N) is 1. The molecule has 1 aromatic heterocycles. The number of oxazole rings is 1. The zero-order valence-electron chi connectivity index (χ0n) is 11.6. The third kappa shape index (κ3) is 2.81. The molecular weight excluding hydrogens is 276 g/mol. The van der Waals surface area contributed by atoms with Crippen LogP contribution in [0.2, 0.25) is 0 Å². The molecule has 8 nitrogen and oxygen atoms in total. The number of aromatic nitrogens is 1. The molecular formula is C13H16N4O4. The second kappa shape index (κ2) is 5.66. The van der Waals surface area contributed by atoms with Gasteiger partial charge in [0.15, 0.2) is 5.58 Å². The van der Waals surface area contributed by atoms with Gasteiger partial charge in [0.05, 0.1) is 17.6 Å². The molecule has 3 rings (SSSR count). The van der Waals surface area contributed by atoms with Crippen LogP contribution >= 0.6 is 0 Å². The van der Waals surface area contributed by atoms with Gasteiger partial charge in [0.25, 0.3) is 11.7 Å². The van der Waals surface area contributed by atoms with Crippen LogP contribution in [0.1, 0.15) is 0 Å². The topological polar surface area (TPSA) is 93.7 Å². The van der Waals surface area contributed by atoms with E-state index in [4.69, 9.17) is 9.15 Å². The Bertz CT molecular complexity index is 655. The minimum absolute atomic E-state index is 0.0115. The van der Waals surface area contributed by atoms with Crippen molar-refractivity contribution in [1.82, 2.24) is 10.3 Å². The second-order valence-electron chi connectivity index (χ2n) is 4.90. The van der Waals surface area contributed by atoms with Crippen molar-refractivity contribution in [2.75, 3.05) is 38.2 Å². The second-order valence-corrected chi connectivity index (χ2v) is 4.90. The molecule has 21 heavy (non-hydrogen) atoms. The van der Waals surface area contributed by atoms with Gasteiger partial charge in [0.1, 0.15) is 5.52 Å². The normalized spacial score (nSPS) is 19.1. The maximum absolute atomic E-state index is 10.8. The molecule has 1 N–H and O–H groups in total. The van der Waals surface area contributed by atoms with Crippen molar-refractivity contribution in [2.24, 2.45) is 0 Å². The summed E-state index contributed by atoms with van der Waals surface area (Å²) >= 11 is 0. The molecule has 1 aromatic carbocycles. The van der Waals surface area contributed by atoms with E-state index in [9.17, 15) is 10.1 Å². The molecule has 1 aliphatic heterocycles. The molecule has 0 aliphatic carbocycles. The Morgan fingerprint density at radius 3 is 3.19 bits per heavy atom. The van der Waals surface area contributed by atoms with Crippen molar-refractivity contribution in [3.63, 3.8) is 0 Å². The van der Waals surface area contributed by atoms with Crippen LogP contribution in [-0.4, -0.2) is 49.3 Å². The van der Waals surface area contributed by atoms with Crippen LogP contribution < -0.4 is 10.2 Å². The number of nitro groups is 1. The van der Waals surface area contributed by atoms with Gasteiger partial charge in [-0.2, -0.15) is 4.98 Å². The number of fused-ring (bicyclic) bond motifs is 1. The molecule has 1 fully saturated rings. The summed E-state index contributed by atoms with van der Waals surface area (Å²) in [6.07, 6.45) is 0.0769. The zero-order chi connectivity index (χ0) is 14.8. The lowest BCUT2D eigenvalue weighted by molar-refractivity contribution is -0.384. The van der Waals surface area contributed by atoms with Gasteiger partial charge in [-0.25, -0.2) is 0 Å². The molecule has 0 saturated carbocycles. The maximum atomic E-state index is 10.8. The summed E-state index contributed by atoms with van der Waals surface area (Å²) in [5.41, 5.74) is 1.06. The van der Waals surface area contributed by atoms with Gasteiger partial charge in [-0.3, -0.25) is 10.1 Å². The molecule has 0 bridgehead atoms. The molecule has 0 spiro atoms. The Kier molecular flexibility index (Phi) is 3.72. The monoisotopic (exact) mass is 292 g/mol. The predicted molar refractivity (Wildman–Crippen MR) is 76.5 cm³/mol. The Morgan fingerprint density at radius 1 is 1.57 bits per heavy atom. The summed E-state index contributed by atoms with van der Waals surface area (Å²) in [5, 5.41) is 13.9. The number of likely N-dealkylation sites (N-methyl/N-ethyl adjacent to an activating group) is 1. The fourth-order valence-electron chi connectivity index (χ4n) is 2.40. The number of nitrogens with zero attached hydrogens (tertiary/aromatic N) is 3. The van der Waals surface area contributed by atoms with Gasteiger partial charge in [0, 0.05) is 31.8 Å². The van der Waals surface area contributed by atoms with Crippen LogP contribution in [0.5, 0.6) is 0 Å². The van der Waals surface area contributed by atoms with Crippen LogP contribution in [0.4, 0.5) is 11.7 Å². The van der Waals surface area contributed by atoms with Crippen molar-refractivity contribution >= 4 is 22.8 Å². The quantitative estimate of drug-likeness (QED) is 0.667. The maximum Gasteiger partial charge on any atom is 0.298 e. The van der Waals surface area contributed by atoms with Gasteiger partial charge >= 0.3 is 0 Å². The van der Waals surface area contributed by atoms with Crippen molar-refractivity contribution in [2.45, 2.75) is 6.10 Å². The molecule has 2 aromatic rings. The van der Waals surface area contributed by atoms with Crippen LogP contribution in [0, 0.1) is 10.1 Å². The molecule has 1 saturated heterocycles. The van der Waals surface area contributed by atoms with E-state index >= 15 is 0 Å². The van der Waals surface area contributed by atoms with Gasteiger partial charge in [-0.05, 0) is 13.1 Å². The summed E-state index contributed by atoms with van der Waals surface area (Å²) in [4.78, 5) is 16.7. The highest BCUT2D eigenvalue weighted by molar-refractivity contribution is 5.77. The number of hydrogen-bond donors (Lipinski definition) is 1. The molecule has 0 amide bonds. The van der Waals surface area contributed by atoms with E-state index in [0.29, 0.717) is 36.8 Å². The largest absolute Gasteiger partial charge is 0.423 e. The van der Waals surface area contributed by atoms with Crippen LogP contribution in [0.15, 0.2) is 22.6 Å². The summed E-state index contributed by atoms with van der Waals surface area (Å²) in [5.74, 6) is 0. The number of nitro benzene ring substituents is 1. The third-order valence-corrected chi connectivity index (χ3v) is 3.41. The summed E-state index contributed by atoms with van der Waals surface area (Å²) in [7, 11) is 1.88. The Morgan fingerprint density at radius 2 is 2.43 bits per heavy atom. The summed E-state index contributed by atoms with van der Waals surface area (Å²) in [6.45, 7) is 2.72. The SMILES string of the molecule is CNCC1CN(c2nc3cc([N+](=O)[O-])ccc3o2)CCO1. The molecule has 112 valence electrons. The third-order valence-electron chi connectivity index (χ3n) is 3.41. The standard InChI is InChI=1S/C13H16N4O4/c1-14-7-10-8-16(4-5-20-10)13-15-11-6-9(17(18)19)2-3-12(11)21-13/h2-3,6,10,14H,4-5,7-8H2,1H3. The van der Waals surface area contributed by atoms with Gasteiger partial charge in [0.2, 0.25) is 0 Å². The number of hydrogen-bond acceptors (Lipinski definition) is 7. The van der Waals surface area contributed by atoms with Gasteiger partial charge in [-0.1, -0.05) is 0 Å². The molecule has 2 heterocycles. The molecule has 0 radical (unpaired) electrons. The van der Waals surface area contributed by atoms with E-state index in [1.165, 1.54) is 12.1 Å². The first-order valence-electron chi connectivity index (χ1n) is 6.73. The van der Waals surface area contributed by atoms with E-state index in [1.54, 1.807) is 6.07 Å². The predicted octanol–water partition coefficient (Wildman–Crippen LogP) is 1.16. The lowest BCUT2D eigenvalue weighted by Gasteiger charge is -2.31. The van der Waals surface area contributed by atoms with Crippen molar-refractivity contribution in [3.8, 4) is 0 Å². The molecule has 1 unspecified atom stereocenters. The smallest absolute Gasteiger partial charge is 0.298 e. The van der Waals surface area contributed by atoms with Crippen molar-refractivity contribution < 1.29 is 14.1 Å². The average Bonchev–Trinajstić information content (AvgIpc) is 2.91. The Hall–Kier alpha value is -2.19. The minimum atomic E-state index is -0.439. The van der Waals surface area contributed by atoms with Crippen LogP contribution in [-0.2, 0) is 4.74 Å². The van der Waals surface area contributed by atoms with E-state index in [1.807, 2.05) is 11.9 Å². The molecule has 8 heteroatoms. The fourth-order valence-corrected chi connectivity index (χ4v) is 2.40. The number of anilines is 1. The first-order chi connectivity index (χ1) is 10.2. The van der Waals surface area contributed by atoms with Crippen LogP contribution in [0.3, 0.4) is 0 Å². The first kappa shape index (κ1) is 13.8. The highest BCUT2D eigenvalue weighted by Crippen LogP contribution is 2.26. The highest BCUT2D eigenvalue weighted by Gasteiger charge is 2.24.